The van der Waals surface area contributed by atoms with Gasteiger partial charge in [0.25, 0.3) is 11.6 Å². The number of nitro benzene ring substituents is 1. The average molecular weight is 338 g/mol. The zero-order chi connectivity index (χ0) is 18.0. The Morgan fingerprint density at radius 3 is 2.72 bits per heavy atom. The summed E-state index contributed by atoms with van der Waals surface area (Å²) in [5.41, 5.74) is 2.52. The summed E-state index contributed by atoms with van der Waals surface area (Å²) in [5, 5.41) is 21.3. The van der Waals surface area contributed by atoms with Crippen molar-refractivity contribution in [2.45, 2.75) is 13.8 Å². The quantitative estimate of drug-likeness (QED) is 0.575. The highest BCUT2D eigenvalue weighted by molar-refractivity contribution is 6.06. The first-order chi connectivity index (χ1) is 12.0. The van der Waals surface area contributed by atoms with Crippen LogP contribution in [0.3, 0.4) is 0 Å². The summed E-state index contributed by atoms with van der Waals surface area (Å²) in [5.74, 6) is -0.0889. The molecule has 0 saturated carbocycles. The molecule has 2 aromatic carbocycles. The van der Waals surface area contributed by atoms with Gasteiger partial charge in [0.05, 0.1) is 4.92 Å². The van der Waals surface area contributed by atoms with Crippen LogP contribution in [0.2, 0.25) is 0 Å². The lowest BCUT2D eigenvalue weighted by molar-refractivity contribution is -0.385. The lowest BCUT2D eigenvalue weighted by Crippen LogP contribution is -2.15. The van der Waals surface area contributed by atoms with Crippen LogP contribution in [0.5, 0.6) is 0 Å². The zero-order valence-corrected chi connectivity index (χ0v) is 13.5. The summed E-state index contributed by atoms with van der Waals surface area (Å²) in [7, 11) is 0. The number of amides is 1. The Morgan fingerprint density at radius 2 is 2.04 bits per heavy atom. The van der Waals surface area contributed by atoms with Crippen LogP contribution in [0.25, 0.3) is 11.5 Å². The average Bonchev–Trinajstić information content (AvgIpc) is 3.11. The van der Waals surface area contributed by atoms with Gasteiger partial charge in [0, 0.05) is 28.4 Å². The Bertz CT molecular complexity index is 951. The van der Waals surface area contributed by atoms with Crippen LogP contribution >= 0.6 is 0 Å². The maximum absolute atomic E-state index is 12.6. The van der Waals surface area contributed by atoms with Gasteiger partial charge in [0.1, 0.15) is 0 Å². The molecule has 3 rings (SSSR count). The van der Waals surface area contributed by atoms with Crippen molar-refractivity contribution in [3.8, 4) is 11.5 Å². The van der Waals surface area contributed by atoms with Gasteiger partial charge in [-0.05, 0) is 37.6 Å². The largest absolute Gasteiger partial charge is 0.423 e. The molecule has 25 heavy (non-hydrogen) atoms. The van der Waals surface area contributed by atoms with Crippen LogP contribution < -0.4 is 5.32 Å². The predicted octanol–water partition coefficient (Wildman–Crippen LogP) is 3.51. The van der Waals surface area contributed by atoms with E-state index in [4.69, 9.17) is 4.42 Å². The topological polar surface area (TPSA) is 111 Å². The molecule has 0 aliphatic carbocycles. The summed E-state index contributed by atoms with van der Waals surface area (Å²) in [6.45, 7) is 3.39. The fourth-order valence-electron chi connectivity index (χ4n) is 2.45. The van der Waals surface area contributed by atoms with E-state index in [9.17, 15) is 14.9 Å². The maximum atomic E-state index is 12.6. The Balaban J connectivity index is 1.93. The van der Waals surface area contributed by atoms with E-state index in [0.29, 0.717) is 22.7 Å². The van der Waals surface area contributed by atoms with Gasteiger partial charge in [-0.2, -0.15) is 0 Å². The highest BCUT2D eigenvalue weighted by atomic mass is 16.6. The van der Waals surface area contributed by atoms with Gasteiger partial charge in [-0.25, -0.2) is 0 Å². The van der Waals surface area contributed by atoms with Crippen LogP contribution in [0.15, 0.2) is 47.2 Å². The first-order valence-electron chi connectivity index (χ1n) is 7.40. The number of nitrogens with one attached hydrogen (secondary N) is 1. The van der Waals surface area contributed by atoms with Crippen molar-refractivity contribution in [3.05, 3.63) is 69.6 Å². The summed E-state index contributed by atoms with van der Waals surface area (Å²) in [6, 6.07) is 9.74. The molecule has 1 N–H and O–H groups in total. The molecular formula is C17H14N4O4. The lowest BCUT2D eigenvalue weighted by Gasteiger charge is -2.11. The third-order valence-corrected chi connectivity index (χ3v) is 3.84. The number of benzene rings is 2. The fourth-order valence-corrected chi connectivity index (χ4v) is 2.45. The number of nitrogens with zero attached hydrogens (tertiary/aromatic N) is 3. The van der Waals surface area contributed by atoms with Gasteiger partial charge >= 0.3 is 0 Å². The first-order valence-corrected chi connectivity index (χ1v) is 7.40. The Morgan fingerprint density at radius 1 is 1.24 bits per heavy atom. The normalized spacial score (nSPS) is 10.5. The van der Waals surface area contributed by atoms with E-state index in [1.54, 1.807) is 25.1 Å². The summed E-state index contributed by atoms with van der Waals surface area (Å²) in [4.78, 5) is 23.1. The second-order valence-corrected chi connectivity index (χ2v) is 5.43. The van der Waals surface area contributed by atoms with Crippen molar-refractivity contribution >= 4 is 17.3 Å². The Hall–Kier alpha value is -3.55. The number of hydrogen-bond acceptors (Lipinski definition) is 6. The number of anilines is 1. The van der Waals surface area contributed by atoms with E-state index in [1.165, 1.54) is 18.5 Å². The van der Waals surface area contributed by atoms with Crippen molar-refractivity contribution in [2.24, 2.45) is 0 Å². The monoisotopic (exact) mass is 338 g/mol. The first kappa shape index (κ1) is 16.3. The van der Waals surface area contributed by atoms with E-state index >= 15 is 0 Å². The van der Waals surface area contributed by atoms with Crippen LogP contribution in [0, 0.1) is 24.0 Å². The van der Waals surface area contributed by atoms with Crippen LogP contribution in [0.1, 0.15) is 21.5 Å². The van der Waals surface area contributed by atoms with Crippen molar-refractivity contribution in [1.82, 2.24) is 10.2 Å². The standard InChI is InChI=1S/C17H14N4O4/c1-10-6-7-12(17-20-18-9-25-17)8-14(10)19-16(22)13-4-3-5-15(11(13)2)21(23)24/h3-9H,1-2H3,(H,19,22). The van der Waals surface area contributed by atoms with Crippen molar-refractivity contribution < 1.29 is 14.1 Å². The van der Waals surface area contributed by atoms with Crippen LogP contribution in [-0.4, -0.2) is 21.0 Å². The molecule has 3 aromatic rings. The van der Waals surface area contributed by atoms with E-state index in [1.807, 2.05) is 13.0 Å². The van der Waals surface area contributed by atoms with Gasteiger partial charge in [0.15, 0.2) is 0 Å². The lowest BCUT2D eigenvalue weighted by atomic mass is 10.1. The molecule has 0 spiro atoms. The second kappa shape index (κ2) is 6.52. The maximum Gasteiger partial charge on any atom is 0.273 e. The van der Waals surface area contributed by atoms with Gasteiger partial charge < -0.3 is 9.73 Å². The number of hydrogen-bond donors (Lipinski definition) is 1. The fraction of sp³-hybridized carbons (Fsp3) is 0.118. The molecule has 0 bridgehead atoms. The number of aryl methyl sites for hydroxylation is 1. The molecule has 0 saturated heterocycles. The molecule has 0 unspecified atom stereocenters. The van der Waals surface area contributed by atoms with Crippen LogP contribution in [-0.2, 0) is 0 Å². The van der Waals surface area contributed by atoms with E-state index in [2.05, 4.69) is 15.5 Å². The summed E-state index contributed by atoms with van der Waals surface area (Å²) >= 11 is 0. The molecule has 0 aliphatic heterocycles. The SMILES string of the molecule is Cc1ccc(-c2nnco2)cc1NC(=O)c1cccc([N+](=O)[O-])c1C. The molecule has 1 heterocycles. The zero-order valence-electron chi connectivity index (χ0n) is 13.5. The van der Waals surface area contributed by atoms with Crippen molar-refractivity contribution in [2.75, 3.05) is 5.32 Å². The number of rotatable bonds is 4. The molecule has 0 radical (unpaired) electrons. The second-order valence-electron chi connectivity index (χ2n) is 5.43. The Labute approximate surface area is 142 Å². The minimum atomic E-state index is -0.506. The molecule has 1 aromatic heterocycles. The van der Waals surface area contributed by atoms with Gasteiger partial charge in [0.2, 0.25) is 12.3 Å². The van der Waals surface area contributed by atoms with Crippen molar-refractivity contribution in [1.29, 1.82) is 0 Å². The minimum Gasteiger partial charge on any atom is -0.423 e. The summed E-state index contributed by atoms with van der Waals surface area (Å²) < 4.78 is 5.16. The van der Waals surface area contributed by atoms with Crippen LogP contribution in [0.4, 0.5) is 11.4 Å². The number of carbonyl (C=O) groups is 1. The highest BCUT2D eigenvalue weighted by Crippen LogP contribution is 2.26. The van der Waals surface area contributed by atoms with E-state index in [-0.39, 0.29) is 11.3 Å². The molecule has 126 valence electrons. The molecule has 8 heteroatoms. The summed E-state index contributed by atoms with van der Waals surface area (Å²) in [6.07, 6.45) is 1.22. The Kier molecular flexibility index (Phi) is 4.25. The molecule has 0 atom stereocenters. The number of nitro groups is 1. The van der Waals surface area contributed by atoms with E-state index < -0.39 is 10.8 Å². The smallest absolute Gasteiger partial charge is 0.273 e. The number of aromatic nitrogens is 2. The molecule has 8 nitrogen and oxygen atoms in total. The molecule has 1 amide bonds. The minimum absolute atomic E-state index is 0.0935. The third-order valence-electron chi connectivity index (χ3n) is 3.84. The van der Waals surface area contributed by atoms with Gasteiger partial charge in [-0.1, -0.05) is 12.1 Å². The van der Waals surface area contributed by atoms with Crippen molar-refractivity contribution in [3.63, 3.8) is 0 Å². The molecular weight excluding hydrogens is 324 g/mol. The number of carbonyl (C=O) groups excluding carboxylic acids is 1. The van der Waals surface area contributed by atoms with E-state index in [0.717, 1.165) is 5.56 Å². The third kappa shape index (κ3) is 3.23. The highest BCUT2D eigenvalue weighted by Gasteiger charge is 2.18. The molecule has 0 fully saturated rings. The van der Waals surface area contributed by atoms with Gasteiger partial charge in [-0.15, -0.1) is 10.2 Å². The molecule has 0 aliphatic rings. The predicted molar refractivity (Wildman–Crippen MR) is 90.3 cm³/mol. The van der Waals surface area contributed by atoms with Gasteiger partial charge in [-0.3, -0.25) is 14.9 Å².